The lowest BCUT2D eigenvalue weighted by molar-refractivity contribution is 1.06. The average molecular weight is 312 g/mol. The van der Waals surface area contributed by atoms with Gasteiger partial charge in [-0.3, -0.25) is 0 Å². The van der Waals surface area contributed by atoms with Gasteiger partial charge in [0, 0.05) is 0 Å². The van der Waals surface area contributed by atoms with E-state index in [4.69, 9.17) is 0 Å². The highest BCUT2D eigenvalue weighted by Crippen LogP contribution is 2.39. The van der Waals surface area contributed by atoms with E-state index in [0.29, 0.717) is 0 Å². The highest BCUT2D eigenvalue weighted by Gasteiger charge is 2.22. The summed E-state index contributed by atoms with van der Waals surface area (Å²) in [4.78, 5) is 0. The van der Waals surface area contributed by atoms with Crippen LogP contribution in [0.1, 0.15) is 44.2 Å². The summed E-state index contributed by atoms with van der Waals surface area (Å²) in [6.07, 6.45) is 13.6. The summed E-state index contributed by atoms with van der Waals surface area (Å²) in [6, 6.07) is 8.74. The quantitative estimate of drug-likeness (QED) is 0.595. The molecule has 1 aromatic carbocycles. The number of benzene rings is 1. The Morgan fingerprint density at radius 3 is 2.62 bits per heavy atom. The Morgan fingerprint density at radius 2 is 1.88 bits per heavy atom. The molecule has 0 aromatic heterocycles. The van der Waals surface area contributed by atoms with E-state index in [0.717, 1.165) is 25.7 Å². The second kappa shape index (κ2) is 5.94. The topological polar surface area (TPSA) is 0 Å². The fourth-order valence-corrected chi connectivity index (χ4v) is 4.18. The van der Waals surface area contributed by atoms with Crippen molar-refractivity contribution in [2.24, 2.45) is 0 Å². The lowest BCUT2D eigenvalue weighted by Crippen LogP contribution is -1.97. The van der Waals surface area contributed by atoms with Crippen LogP contribution in [0.15, 0.2) is 88.1 Å². The van der Waals surface area contributed by atoms with Crippen LogP contribution in [0.25, 0.3) is 6.08 Å². The van der Waals surface area contributed by atoms with E-state index in [-0.39, 0.29) is 0 Å². The molecule has 0 aliphatic heterocycles. The molecule has 0 spiro atoms. The first-order valence-corrected chi connectivity index (χ1v) is 8.85. The molecule has 120 valence electrons. The summed E-state index contributed by atoms with van der Waals surface area (Å²) < 4.78 is 0. The van der Waals surface area contributed by atoms with Crippen LogP contribution in [0.4, 0.5) is 0 Å². The zero-order chi connectivity index (χ0) is 16.7. The minimum Gasteiger partial charge on any atom is -0.0952 e. The maximum absolute atomic E-state index is 4.41. The molecule has 3 aliphatic carbocycles. The molecule has 0 bridgehead atoms. The third-order valence-electron chi connectivity index (χ3n) is 5.37. The molecule has 0 unspecified atom stereocenters. The summed E-state index contributed by atoms with van der Waals surface area (Å²) >= 11 is 0. The van der Waals surface area contributed by atoms with Gasteiger partial charge in [0.15, 0.2) is 0 Å². The van der Waals surface area contributed by atoms with Crippen LogP contribution in [0, 0.1) is 0 Å². The highest BCUT2D eigenvalue weighted by molar-refractivity contribution is 5.72. The van der Waals surface area contributed by atoms with Gasteiger partial charge in [-0.25, -0.2) is 0 Å². The third-order valence-corrected chi connectivity index (χ3v) is 5.37. The predicted molar refractivity (Wildman–Crippen MR) is 104 cm³/mol. The molecule has 0 heteroatoms. The molecule has 0 atom stereocenters. The van der Waals surface area contributed by atoms with Crippen LogP contribution in [0.3, 0.4) is 0 Å². The number of hydrogen-bond acceptors (Lipinski definition) is 0. The van der Waals surface area contributed by atoms with Gasteiger partial charge >= 0.3 is 0 Å². The van der Waals surface area contributed by atoms with Crippen molar-refractivity contribution in [1.29, 1.82) is 0 Å². The molecule has 24 heavy (non-hydrogen) atoms. The molecule has 0 saturated heterocycles. The molecule has 4 rings (SSSR count). The van der Waals surface area contributed by atoms with Crippen LogP contribution < -0.4 is 0 Å². The number of rotatable bonds is 4. The summed E-state index contributed by atoms with van der Waals surface area (Å²) in [7, 11) is 0. The maximum atomic E-state index is 4.41. The smallest absolute Gasteiger partial charge is 0.00137 e. The fourth-order valence-electron chi connectivity index (χ4n) is 4.18. The van der Waals surface area contributed by atoms with Crippen molar-refractivity contribution >= 4 is 6.08 Å². The Morgan fingerprint density at radius 1 is 1.04 bits per heavy atom. The van der Waals surface area contributed by atoms with E-state index >= 15 is 0 Å². The van der Waals surface area contributed by atoms with Gasteiger partial charge in [0.2, 0.25) is 0 Å². The molecule has 0 amide bonds. The second-order valence-corrected chi connectivity index (χ2v) is 7.24. The van der Waals surface area contributed by atoms with Crippen molar-refractivity contribution in [3.8, 4) is 0 Å². The first kappa shape index (κ1) is 15.2. The van der Waals surface area contributed by atoms with Crippen LogP contribution in [-0.4, -0.2) is 0 Å². The van der Waals surface area contributed by atoms with E-state index < -0.39 is 0 Å². The maximum Gasteiger partial charge on any atom is -0.00137 e. The Labute approximate surface area is 145 Å². The van der Waals surface area contributed by atoms with Crippen molar-refractivity contribution in [3.05, 3.63) is 99.2 Å². The number of fused-ring (bicyclic) bond motifs is 1. The van der Waals surface area contributed by atoms with Gasteiger partial charge in [0.05, 0.1) is 0 Å². The first-order valence-electron chi connectivity index (χ1n) is 8.85. The summed E-state index contributed by atoms with van der Waals surface area (Å²) in [6.45, 7) is 8.83. The standard InChI is InChI=1S/C24H24/c1-16-11-17(2)24(12-16)18(3)13-21-9-6-10-23(21)22-14-19-7-4-5-8-20(19)15-22/h4-5,7-11,14H,3,6,12-13,15H2,1-2H3. The minimum atomic E-state index is 0.979. The molecule has 0 heterocycles. The first-order chi connectivity index (χ1) is 11.6. The van der Waals surface area contributed by atoms with E-state index in [2.05, 4.69) is 69.0 Å². The van der Waals surface area contributed by atoms with Gasteiger partial charge in [0.1, 0.15) is 0 Å². The van der Waals surface area contributed by atoms with Crippen molar-refractivity contribution in [2.45, 2.75) is 39.5 Å². The van der Waals surface area contributed by atoms with Crippen LogP contribution in [-0.2, 0) is 6.42 Å². The van der Waals surface area contributed by atoms with Crippen molar-refractivity contribution in [2.75, 3.05) is 0 Å². The average Bonchev–Trinajstić information content (AvgIpc) is 3.24. The normalized spacial score (nSPS) is 19.1. The Hall–Kier alpha value is -2.34. The number of allylic oxidation sites excluding steroid dienone is 10. The Kier molecular flexibility index (Phi) is 3.76. The predicted octanol–water partition coefficient (Wildman–Crippen LogP) is 6.50. The zero-order valence-corrected chi connectivity index (χ0v) is 14.7. The van der Waals surface area contributed by atoms with Gasteiger partial charge in [-0.15, -0.1) is 0 Å². The van der Waals surface area contributed by atoms with Crippen LogP contribution in [0.5, 0.6) is 0 Å². The molecular weight excluding hydrogens is 288 g/mol. The summed E-state index contributed by atoms with van der Waals surface area (Å²) in [5.41, 5.74) is 12.8. The SMILES string of the molecule is C=C(CC1=CCC=C1C1=Cc2ccccc2C1)C1=C(C)C=C(C)C1. The van der Waals surface area contributed by atoms with Crippen LogP contribution in [0.2, 0.25) is 0 Å². The van der Waals surface area contributed by atoms with E-state index in [1.54, 1.807) is 0 Å². The molecule has 0 nitrogen and oxygen atoms in total. The molecule has 3 aliphatic rings. The van der Waals surface area contributed by atoms with E-state index in [1.807, 2.05) is 0 Å². The monoisotopic (exact) mass is 312 g/mol. The van der Waals surface area contributed by atoms with E-state index in [9.17, 15) is 0 Å². The largest absolute Gasteiger partial charge is 0.0952 e. The van der Waals surface area contributed by atoms with Gasteiger partial charge in [-0.05, 0) is 84.1 Å². The van der Waals surface area contributed by atoms with Crippen molar-refractivity contribution < 1.29 is 0 Å². The number of hydrogen-bond donors (Lipinski definition) is 0. The van der Waals surface area contributed by atoms with Gasteiger partial charge in [0.25, 0.3) is 0 Å². The third kappa shape index (κ3) is 2.67. The molecule has 0 N–H and O–H groups in total. The molecular formula is C24H24. The highest BCUT2D eigenvalue weighted by atomic mass is 14.3. The molecule has 0 fully saturated rings. The van der Waals surface area contributed by atoms with E-state index in [1.165, 1.54) is 50.1 Å². The Bertz CT molecular complexity index is 878. The summed E-state index contributed by atoms with van der Waals surface area (Å²) in [5.74, 6) is 0. The lowest BCUT2D eigenvalue weighted by Gasteiger charge is -2.14. The fraction of sp³-hybridized carbons (Fsp3) is 0.250. The van der Waals surface area contributed by atoms with Gasteiger partial charge in [-0.1, -0.05) is 60.7 Å². The van der Waals surface area contributed by atoms with Crippen molar-refractivity contribution in [3.63, 3.8) is 0 Å². The lowest BCUT2D eigenvalue weighted by atomic mass is 9.90. The molecule has 1 aromatic rings. The van der Waals surface area contributed by atoms with Gasteiger partial charge < -0.3 is 0 Å². The van der Waals surface area contributed by atoms with Crippen LogP contribution >= 0.6 is 0 Å². The van der Waals surface area contributed by atoms with Crippen molar-refractivity contribution in [1.82, 2.24) is 0 Å². The molecule has 0 saturated carbocycles. The van der Waals surface area contributed by atoms with Gasteiger partial charge in [-0.2, -0.15) is 0 Å². The minimum absolute atomic E-state index is 0.979. The second-order valence-electron chi connectivity index (χ2n) is 7.24. The summed E-state index contributed by atoms with van der Waals surface area (Å²) in [5, 5.41) is 0. The Balaban J connectivity index is 1.51. The molecule has 0 radical (unpaired) electrons. The zero-order valence-electron chi connectivity index (χ0n) is 14.7.